The van der Waals surface area contributed by atoms with E-state index >= 15 is 0 Å². The van der Waals surface area contributed by atoms with Crippen LogP contribution in [-0.4, -0.2) is 33.5 Å². The summed E-state index contributed by atoms with van der Waals surface area (Å²) in [6.45, 7) is 8.64. The van der Waals surface area contributed by atoms with E-state index in [2.05, 4.69) is 36.0 Å². The number of pyridine rings is 1. The van der Waals surface area contributed by atoms with E-state index in [0.717, 1.165) is 18.8 Å². The van der Waals surface area contributed by atoms with Crippen molar-refractivity contribution in [3.8, 4) is 0 Å². The van der Waals surface area contributed by atoms with Crippen LogP contribution in [0.25, 0.3) is 0 Å². The number of nitrogens with one attached hydrogen (secondary N) is 1. The highest BCUT2D eigenvalue weighted by Gasteiger charge is 2.09. The maximum absolute atomic E-state index is 12.3. The maximum Gasteiger partial charge on any atom is 0.251 e. The van der Waals surface area contributed by atoms with Crippen molar-refractivity contribution in [1.82, 2.24) is 15.2 Å². The van der Waals surface area contributed by atoms with Crippen molar-refractivity contribution in [2.75, 3.05) is 6.54 Å². The molecule has 0 saturated heterocycles. The van der Waals surface area contributed by atoms with Crippen LogP contribution in [-0.2, 0) is 19.7 Å². The zero-order valence-corrected chi connectivity index (χ0v) is 15.2. The Labute approximate surface area is 149 Å². The molecule has 1 heterocycles. The van der Waals surface area contributed by atoms with Crippen LogP contribution in [0.2, 0.25) is 0 Å². The van der Waals surface area contributed by atoms with Crippen LogP contribution in [0.4, 0.5) is 0 Å². The summed E-state index contributed by atoms with van der Waals surface area (Å²) < 4.78 is 0. The van der Waals surface area contributed by atoms with Crippen molar-refractivity contribution >= 4 is 5.91 Å². The molecule has 0 unspecified atom stereocenters. The normalized spacial score (nSPS) is 11.1. The molecule has 1 aromatic carbocycles. The molecule has 5 heteroatoms. The topological polar surface area (TPSA) is 65.5 Å². The predicted octanol–water partition coefficient (Wildman–Crippen LogP) is 2.73. The van der Waals surface area contributed by atoms with Crippen LogP contribution in [0.3, 0.4) is 0 Å². The van der Waals surface area contributed by atoms with E-state index in [1.165, 1.54) is 5.56 Å². The van der Waals surface area contributed by atoms with Gasteiger partial charge in [-0.25, -0.2) is 0 Å². The Morgan fingerprint density at radius 2 is 1.84 bits per heavy atom. The van der Waals surface area contributed by atoms with Gasteiger partial charge in [0, 0.05) is 18.2 Å². The van der Waals surface area contributed by atoms with Gasteiger partial charge in [-0.1, -0.05) is 25.1 Å². The summed E-state index contributed by atoms with van der Waals surface area (Å²) in [4.78, 5) is 18.9. The Kier molecular flexibility index (Phi) is 7.10. The molecule has 2 rings (SSSR count). The highest BCUT2D eigenvalue weighted by atomic mass is 16.3. The van der Waals surface area contributed by atoms with Crippen LogP contribution < -0.4 is 5.32 Å². The molecule has 0 radical (unpaired) electrons. The summed E-state index contributed by atoms with van der Waals surface area (Å²) in [5.74, 6) is -0.126. The summed E-state index contributed by atoms with van der Waals surface area (Å²) in [6.07, 6.45) is 0. The fourth-order valence-electron chi connectivity index (χ4n) is 2.64. The molecule has 1 aromatic heterocycles. The van der Waals surface area contributed by atoms with Crippen LogP contribution in [0, 0.1) is 0 Å². The molecule has 0 aliphatic heterocycles. The smallest absolute Gasteiger partial charge is 0.251 e. The first kappa shape index (κ1) is 19.1. The third-order valence-electron chi connectivity index (χ3n) is 4.19. The van der Waals surface area contributed by atoms with Gasteiger partial charge in [-0.2, -0.15) is 0 Å². The summed E-state index contributed by atoms with van der Waals surface area (Å²) in [7, 11) is 0. The second-order valence-corrected chi connectivity index (χ2v) is 6.31. The van der Waals surface area contributed by atoms with Gasteiger partial charge in [0.25, 0.3) is 5.91 Å². The largest absolute Gasteiger partial charge is 0.390 e. The van der Waals surface area contributed by atoms with E-state index in [1.54, 1.807) is 6.07 Å². The van der Waals surface area contributed by atoms with Gasteiger partial charge in [-0.15, -0.1) is 0 Å². The molecule has 25 heavy (non-hydrogen) atoms. The van der Waals surface area contributed by atoms with Crippen molar-refractivity contribution in [3.63, 3.8) is 0 Å². The molecular weight excluding hydrogens is 314 g/mol. The molecule has 0 spiro atoms. The molecule has 2 N–H and O–H groups in total. The third-order valence-corrected chi connectivity index (χ3v) is 4.19. The van der Waals surface area contributed by atoms with Crippen molar-refractivity contribution in [2.24, 2.45) is 0 Å². The summed E-state index contributed by atoms with van der Waals surface area (Å²) >= 11 is 0. The summed E-state index contributed by atoms with van der Waals surface area (Å²) in [5, 5.41) is 12.0. The molecule has 2 aromatic rings. The average Bonchev–Trinajstić information content (AvgIpc) is 2.64. The fourth-order valence-corrected chi connectivity index (χ4v) is 2.64. The van der Waals surface area contributed by atoms with Gasteiger partial charge < -0.3 is 10.4 Å². The van der Waals surface area contributed by atoms with Gasteiger partial charge in [0.2, 0.25) is 0 Å². The summed E-state index contributed by atoms with van der Waals surface area (Å²) in [6, 6.07) is 13.6. The molecule has 0 saturated carbocycles. The summed E-state index contributed by atoms with van der Waals surface area (Å²) in [5.41, 5.74) is 3.16. The number of carbonyl (C=O) groups is 1. The number of aliphatic hydroxyl groups is 1. The van der Waals surface area contributed by atoms with E-state index in [0.29, 0.717) is 23.8 Å². The lowest BCUT2D eigenvalue weighted by Gasteiger charge is -2.24. The lowest BCUT2D eigenvalue weighted by atomic mass is 10.1. The standard InChI is InChI=1S/C20H27N3O2/c1-4-23(15(2)3)13-16-8-10-17(11-9-16)20(25)21-12-18-6-5-7-19(14-24)22-18/h5-11,15,24H,4,12-14H2,1-3H3,(H,21,25). The van der Waals surface area contributed by atoms with Gasteiger partial charge in [-0.05, 0) is 50.2 Å². The van der Waals surface area contributed by atoms with E-state index in [-0.39, 0.29) is 12.5 Å². The van der Waals surface area contributed by atoms with Crippen molar-refractivity contribution in [3.05, 3.63) is 65.0 Å². The highest BCUT2D eigenvalue weighted by molar-refractivity contribution is 5.94. The Morgan fingerprint density at radius 3 is 2.44 bits per heavy atom. The molecule has 0 bridgehead atoms. The first-order valence-electron chi connectivity index (χ1n) is 8.70. The van der Waals surface area contributed by atoms with E-state index in [9.17, 15) is 4.79 Å². The van der Waals surface area contributed by atoms with Crippen LogP contribution in [0.15, 0.2) is 42.5 Å². The number of benzene rings is 1. The van der Waals surface area contributed by atoms with Gasteiger partial charge >= 0.3 is 0 Å². The van der Waals surface area contributed by atoms with Crippen LogP contribution in [0.5, 0.6) is 0 Å². The van der Waals surface area contributed by atoms with Gasteiger partial charge in [0.1, 0.15) is 0 Å². The van der Waals surface area contributed by atoms with E-state index in [1.807, 2.05) is 36.4 Å². The first-order chi connectivity index (χ1) is 12.0. The number of hydrogen-bond donors (Lipinski definition) is 2. The molecule has 134 valence electrons. The monoisotopic (exact) mass is 341 g/mol. The van der Waals surface area contributed by atoms with E-state index in [4.69, 9.17) is 5.11 Å². The quantitative estimate of drug-likeness (QED) is 0.775. The van der Waals surface area contributed by atoms with Crippen molar-refractivity contribution in [1.29, 1.82) is 0 Å². The lowest BCUT2D eigenvalue weighted by molar-refractivity contribution is 0.0950. The molecule has 0 aliphatic rings. The van der Waals surface area contributed by atoms with E-state index < -0.39 is 0 Å². The first-order valence-corrected chi connectivity index (χ1v) is 8.70. The number of aromatic nitrogens is 1. The van der Waals surface area contributed by atoms with Crippen LogP contribution in [0.1, 0.15) is 48.1 Å². The van der Waals surface area contributed by atoms with Gasteiger partial charge in [0.05, 0.1) is 24.5 Å². The Morgan fingerprint density at radius 1 is 1.16 bits per heavy atom. The Hall–Kier alpha value is -2.24. The highest BCUT2D eigenvalue weighted by Crippen LogP contribution is 2.10. The molecule has 0 aliphatic carbocycles. The maximum atomic E-state index is 12.3. The minimum Gasteiger partial charge on any atom is -0.390 e. The van der Waals surface area contributed by atoms with Gasteiger partial charge in [-0.3, -0.25) is 14.7 Å². The zero-order chi connectivity index (χ0) is 18.2. The second-order valence-electron chi connectivity index (χ2n) is 6.31. The lowest BCUT2D eigenvalue weighted by Crippen LogP contribution is -2.30. The SMILES string of the molecule is CCN(Cc1ccc(C(=O)NCc2cccc(CO)n2)cc1)C(C)C. The number of rotatable bonds is 8. The molecule has 0 fully saturated rings. The fraction of sp³-hybridized carbons (Fsp3) is 0.400. The number of hydrogen-bond acceptors (Lipinski definition) is 4. The molecular formula is C20H27N3O2. The minimum atomic E-state index is -0.126. The Balaban J connectivity index is 1.93. The Bertz CT molecular complexity index is 684. The number of carbonyl (C=O) groups excluding carboxylic acids is 1. The second kappa shape index (κ2) is 9.30. The average molecular weight is 341 g/mol. The predicted molar refractivity (Wildman–Crippen MR) is 99.0 cm³/mol. The zero-order valence-electron chi connectivity index (χ0n) is 15.2. The molecule has 5 nitrogen and oxygen atoms in total. The number of nitrogens with zero attached hydrogens (tertiary/aromatic N) is 2. The third kappa shape index (κ3) is 5.66. The van der Waals surface area contributed by atoms with Crippen molar-refractivity contribution in [2.45, 2.75) is 46.5 Å². The van der Waals surface area contributed by atoms with Crippen LogP contribution >= 0.6 is 0 Å². The van der Waals surface area contributed by atoms with Gasteiger partial charge in [0.15, 0.2) is 0 Å². The minimum absolute atomic E-state index is 0.103. The van der Waals surface area contributed by atoms with Crippen molar-refractivity contribution < 1.29 is 9.90 Å². The number of aliphatic hydroxyl groups excluding tert-OH is 1. The molecule has 0 atom stereocenters. The number of amides is 1. The molecule has 1 amide bonds.